The fourth-order valence-corrected chi connectivity index (χ4v) is 3.30. The van der Waals surface area contributed by atoms with Crippen molar-refractivity contribution >= 4 is 0 Å². The fraction of sp³-hybridized carbons (Fsp3) is 0.625. The average molecular weight is 276 g/mol. The van der Waals surface area contributed by atoms with Gasteiger partial charge in [-0.05, 0) is 43.5 Å². The van der Waals surface area contributed by atoms with E-state index in [1.807, 2.05) is 12.1 Å². The van der Waals surface area contributed by atoms with Gasteiger partial charge in [-0.15, -0.1) is 0 Å². The van der Waals surface area contributed by atoms with Crippen LogP contribution in [0.2, 0.25) is 0 Å². The van der Waals surface area contributed by atoms with Gasteiger partial charge in [-0.3, -0.25) is 4.90 Å². The van der Waals surface area contributed by atoms with E-state index in [9.17, 15) is 0 Å². The molecule has 1 aromatic carbocycles. The SMILES string of the molecule is COc1cc(C)ccc1OCCN1C[C@@H]2CCN[C@@H]2C1. The summed E-state index contributed by atoms with van der Waals surface area (Å²) in [6, 6.07) is 6.78. The van der Waals surface area contributed by atoms with E-state index in [1.54, 1.807) is 7.11 Å². The summed E-state index contributed by atoms with van der Waals surface area (Å²) in [4.78, 5) is 2.50. The molecule has 2 atom stereocenters. The molecule has 110 valence electrons. The van der Waals surface area contributed by atoms with E-state index in [1.165, 1.54) is 31.6 Å². The molecule has 0 unspecified atom stereocenters. The lowest BCUT2D eigenvalue weighted by Crippen LogP contribution is -2.32. The third-order valence-corrected chi connectivity index (χ3v) is 4.42. The molecule has 2 aliphatic rings. The van der Waals surface area contributed by atoms with E-state index in [2.05, 4.69) is 23.2 Å². The number of aryl methyl sites for hydroxylation is 1. The van der Waals surface area contributed by atoms with E-state index in [0.29, 0.717) is 6.04 Å². The molecular weight excluding hydrogens is 252 g/mol. The first-order valence-electron chi connectivity index (χ1n) is 7.49. The number of likely N-dealkylation sites (tertiary alicyclic amines) is 1. The molecule has 0 radical (unpaired) electrons. The Hall–Kier alpha value is -1.26. The standard InChI is InChI=1S/C16H24N2O2/c1-12-3-4-15(16(9-12)19-2)20-8-7-18-10-13-5-6-17-14(13)11-18/h3-4,9,13-14,17H,5-8,10-11H2,1-2H3/t13-,14+/m0/s1. The number of hydrogen-bond donors (Lipinski definition) is 1. The van der Waals surface area contributed by atoms with Crippen LogP contribution in [0, 0.1) is 12.8 Å². The molecule has 3 rings (SSSR count). The molecule has 0 aromatic heterocycles. The van der Waals surface area contributed by atoms with Crippen molar-refractivity contribution in [2.75, 3.05) is 39.9 Å². The first kappa shape index (κ1) is 13.7. The number of rotatable bonds is 5. The molecule has 0 bridgehead atoms. The van der Waals surface area contributed by atoms with Crippen molar-refractivity contribution in [1.29, 1.82) is 0 Å². The van der Waals surface area contributed by atoms with Crippen LogP contribution < -0.4 is 14.8 Å². The molecule has 20 heavy (non-hydrogen) atoms. The first-order chi connectivity index (χ1) is 9.76. The van der Waals surface area contributed by atoms with Gasteiger partial charge in [-0.25, -0.2) is 0 Å². The van der Waals surface area contributed by atoms with Crippen molar-refractivity contribution in [2.24, 2.45) is 5.92 Å². The largest absolute Gasteiger partial charge is 0.493 e. The summed E-state index contributed by atoms with van der Waals surface area (Å²) < 4.78 is 11.2. The number of ether oxygens (including phenoxy) is 2. The van der Waals surface area contributed by atoms with Gasteiger partial charge in [0, 0.05) is 25.7 Å². The first-order valence-corrected chi connectivity index (χ1v) is 7.49. The molecule has 2 saturated heterocycles. The Labute approximate surface area is 121 Å². The zero-order chi connectivity index (χ0) is 13.9. The zero-order valence-corrected chi connectivity index (χ0v) is 12.4. The number of benzene rings is 1. The molecular formula is C16H24N2O2. The minimum atomic E-state index is 0.712. The summed E-state index contributed by atoms with van der Waals surface area (Å²) in [6.45, 7) is 7.35. The topological polar surface area (TPSA) is 33.7 Å². The second kappa shape index (κ2) is 6.02. The number of nitrogens with one attached hydrogen (secondary N) is 1. The second-order valence-electron chi connectivity index (χ2n) is 5.87. The van der Waals surface area contributed by atoms with Crippen molar-refractivity contribution < 1.29 is 9.47 Å². The smallest absolute Gasteiger partial charge is 0.161 e. The molecule has 4 nitrogen and oxygen atoms in total. The number of fused-ring (bicyclic) bond motifs is 1. The summed E-state index contributed by atoms with van der Waals surface area (Å²) in [6.07, 6.45) is 1.33. The fourth-order valence-electron chi connectivity index (χ4n) is 3.30. The van der Waals surface area contributed by atoms with Crippen LogP contribution in [0.4, 0.5) is 0 Å². The number of nitrogens with zero attached hydrogens (tertiary/aromatic N) is 1. The Morgan fingerprint density at radius 3 is 3.00 bits per heavy atom. The van der Waals surface area contributed by atoms with Crippen LogP contribution in [0.3, 0.4) is 0 Å². The van der Waals surface area contributed by atoms with E-state index >= 15 is 0 Å². The van der Waals surface area contributed by atoms with Crippen molar-refractivity contribution in [2.45, 2.75) is 19.4 Å². The van der Waals surface area contributed by atoms with Gasteiger partial charge in [0.2, 0.25) is 0 Å². The highest BCUT2D eigenvalue weighted by Crippen LogP contribution is 2.28. The molecule has 0 aliphatic carbocycles. The lowest BCUT2D eigenvalue weighted by molar-refractivity contribution is 0.222. The van der Waals surface area contributed by atoms with Crippen molar-refractivity contribution in [3.8, 4) is 11.5 Å². The van der Waals surface area contributed by atoms with Gasteiger partial charge < -0.3 is 14.8 Å². The van der Waals surface area contributed by atoms with E-state index in [-0.39, 0.29) is 0 Å². The molecule has 0 spiro atoms. The molecule has 2 aliphatic heterocycles. The van der Waals surface area contributed by atoms with Crippen molar-refractivity contribution in [1.82, 2.24) is 10.2 Å². The Morgan fingerprint density at radius 1 is 1.30 bits per heavy atom. The third kappa shape index (κ3) is 2.91. The van der Waals surface area contributed by atoms with E-state index in [4.69, 9.17) is 9.47 Å². The van der Waals surface area contributed by atoms with Gasteiger partial charge in [0.05, 0.1) is 7.11 Å². The summed E-state index contributed by atoms with van der Waals surface area (Å²) >= 11 is 0. The molecule has 1 aromatic rings. The van der Waals surface area contributed by atoms with Crippen molar-refractivity contribution in [3.05, 3.63) is 23.8 Å². The van der Waals surface area contributed by atoms with Gasteiger partial charge in [-0.1, -0.05) is 6.07 Å². The minimum absolute atomic E-state index is 0.712. The van der Waals surface area contributed by atoms with Gasteiger partial charge in [-0.2, -0.15) is 0 Å². The van der Waals surface area contributed by atoms with Gasteiger partial charge in [0.25, 0.3) is 0 Å². The number of methoxy groups -OCH3 is 1. The quantitative estimate of drug-likeness (QED) is 0.887. The summed E-state index contributed by atoms with van der Waals surface area (Å²) in [5.41, 5.74) is 1.19. The summed E-state index contributed by atoms with van der Waals surface area (Å²) in [5.74, 6) is 2.52. The van der Waals surface area contributed by atoms with Crippen LogP contribution in [0.1, 0.15) is 12.0 Å². The molecule has 0 saturated carbocycles. The van der Waals surface area contributed by atoms with E-state index in [0.717, 1.165) is 30.6 Å². The second-order valence-corrected chi connectivity index (χ2v) is 5.87. The Bertz CT molecular complexity index is 452. The lowest BCUT2D eigenvalue weighted by Gasteiger charge is -2.18. The van der Waals surface area contributed by atoms with Crippen LogP contribution in [0.15, 0.2) is 18.2 Å². The Morgan fingerprint density at radius 2 is 2.20 bits per heavy atom. The monoisotopic (exact) mass is 276 g/mol. The lowest BCUT2D eigenvalue weighted by atomic mass is 10.1. The maximum atomic E-state index is 5.88. The predicted octanol–water partition coefficient (Wildman–Crippen LogP) is 1.68. The molecule has 2 heterocycles. The maximum absolute atomic E-state index is 5.88. The van der Waals surface area contributed by atoms with Crippen LogP contribution in [0.5, 0.6) is 11.5 Å². The molecule has 4 heteroatoms. The minimum Gasteiger partial charge on any atom is -0.493 e. The summed E-state index contributed by atoms with van der Waals surface area (Å²) in [5, 5.41) is 3.58. The third-order valence-electron chi connectivity index (χ3n) is 4.42. The van der Waals surface area contributed by atoms with E-state index < -0.39 is 0 Å². The highest BCUT2D eigenvalue weighted by molar-refractivity contribution is 5.42. The maximum Gasteiger partial charge on any atom is 0.161 e. The molecule has 0 amide bonds. The summed E-state index contributed by atoms with van der Waals surface area (Å²) in [7, 11) is 1.69. The highest BCUT2D eigenvalue weighted by Gasteiger charge is 2.35. The average Bonchev–Trinajstić information content (AvgIpc) is 3.01. The highest BCUT2D eigenvalue weighted by atomic mass is 16.5. The molecule has 2 fully saturated rings. The van der Waals surface area contributed by atoms with Crippen LogP contribution >= 0.6 is 0 Å². The number of hydrogen-bond acceptors (Lipinski definition) is 4. The van der Waals surface area contributed by atoms with Gasteiger partial charge in [0.1, 0.15) is 6.61 Å². The zero-order valence-electron chi connectivity index (χ0n) is 12.4. The van der Waals surface area contributed by atoms with Gasteiger partial charge >= 0.3 is 0 Å². The molecule has 1 N–H and O–H groups in total. The van der Waals surface area contributed by atoms with Crippen molar-refractivity contribution in [3.63, 3.8) is 0 Å². The normalized spacial score (nSPS) is 25.7. The van der Waals surface area contributed by atoms with Crippen LogP contribution in [-0.4, -0.2) is 50.8 Å². The Kier molecular flexibility index (Phi) is 4.13. The van der Waals surface area contributed by atoms with Gasteiger partial charge in [0.15, 0.2) is 11.5 Å². The van der Waals surface area contributed by atoms with Crippen LogP contribution in [-0.2, 0) is 0 Å². The van der Waals surface area contributed by atoms with Crippen LogP contribution in [0.25, 0.3) is 0 Å². The Balaban J connectivity index is 1.48. The predicted molar refractivity (Wildman–Crippen MR) is 79.6 cm³/mol.